The van der Waals surface area contributed by atoms with E-state index in [4.69, 9.17) is 5.11 Å². The molecule has 0 bridgehead atoms. The van der Waals surface area contributed by atoms with Crippen LogP contribution in [0.15, 0.2) is 6.33 Å². The molecule has 0 aliphatic heterocycles. The molecule has 0 aromatic carbocycles. The number of imidazole rings is 1. The van der Waals surface area contributed by atoms with Crippen molar-refractivity contribution in [1.82, 2.24) is 9.55 Å². The first-order valence-electron chi connectivity index (χ1n) is 6.29. The van der Waals surface area contributed by atoms with Gasteiger partial charge in [0.15, 0.2) is 0 Å². The smallest absolute Gasteiger partial charge is 0.306 e. The van der Waals surface area contributed by atoms with Gasteiger partial charge in [0.2, 0.25) is 0 Å². The van der Waals surface area contributed by atoms with Gasteiger partial charge in [0.05, 0.1) is 17.9 Å². The lowest BCUT2D eigenvalue weighted by Gasteiger charge is -2.26. The average molecular weight is 236 g/mol. The Morgan fingerprint density at radius 3 is 2.53 bits per heavy atom. The van der Waals surface area contributed by atoms with Gasteiger partial charge in [-0.1, -0.05) is 0 Å². The molecule has 1 aliphatic carbocycles. The number of carbonyl (C=O) groups is 1. The van der Waals surface area contributed by atoms with Crippen molar-refractivity contribution in [2.75, 3.05) is 0 Å². The predicted molar refractivity (Wildman–Crippen MR) is 64.8 cm³/mol. The van der Waals surface area contributed by atoms with Crippen LogP contribution < -0.4 is 0 Å². The first-order valence-corrected chi connectivity index (χ1v) is 6.29. The average Bonchev–Trinajstić information content (AvgIpc) is 2.62. The third kappa shape index (κ3) is 2.68. The molecule has 1 N–H and O–H groups in total. The highest BCUT2D eigenvalue weighted by molar-refractivity contribution is 5.69. The minimum absolute atomic E-state index is 0.114. The summed E-state index contributed by atoms with van der Waals surface area (Å²) in [6, 6.07) is 0. The zero-order chi connectivity index (χ0) is 12.4. The molecule has 2 rings (SSSR count). The second kappa shape index (κ2) is 4.90. The van der Waals surface area contributed by atoms with Gasteiger partial charge in [0.1, 0.15) is 0 Å². The topological polar surface area (TPSA) is 55.1 Å². The Bertz CT molecular complexity index is 404. The van der Waals surface area contributed by atoms with Crippen molar-refractivity contribution in [2.45, 2.75) is 46.1 Å². The van der Waals surface area contributed by atoms with E-state index in [1.807, 2.05) is 13.3 Å². The van der Waals surface area contributed by atoms with Gasteiger partial charge in [-0.05, 0) is 45.4 Å². The number of hydrogen-bond donors (Lipinski definition) is 1. The molecular formula is C13H20N2O2. The summed E-state index contributed by atoms with van der Waals surface area (Å²) in [5.74, 6) is -0.132. The minimum Gasteiger partial charge on any atom is -0.481 e. The van der Waals surface area contributed by atoms with Gasteiger partial charge >= 0.3 is 5.97 Å². The number of nitrogens with zero attached hydrogens (tertiary/aromatic N) is 2. The molecule has 1 saturated carbocycles. The predicted octanol–water partition coefficient (Wildman–Crippen LogP) is 2.39. The van der Waals surface area contributed by atoms with E-state index in [1.54, 1.807) is 0 Å². The molecule has 0 atom stereocenters. The molecule has 0 amide bonds. The zero-order valence-corrected chi connectivity index (χ0v) is 10.5. The molecule has 17 heavy (non-hydrogen) atoms. The second-order valence-electron chi connectivity index (χ2n) is 5.12. The molecule has 4 heteroatoms. The molecule has 1 aromatic rings. The molecule has 0 radical (unpaired) electrons. The lowest BCUT2D eigenvalue weighted by Crippen LogP contribution is -2.23. The van der Waals surface area contributed by atoms with Gasteiger partial charge in [-0.2, -0.15) is 0 Å². The zero-order valence-electron chi connectivity index (χ0n) is 10.5. The third-order valence-corrected chi connectivity index (χ3v) is 4.00. The summed E-state index contributed by atoms with van der Waals surface area (Å²) < 4.78 is 2.20. The van der Waals surface area contributed by atoms with Crippen LogP contribution in [-0.4, -0.2) is 20.6 Å². The van der Waals surface area contributed by atoms with Crippen molar-refractivity contribution in [3.05, 3.63) is 17.7 Å². The standard InChI is InChI=1S/C13H20N2O2/c1-9-10(2)15(8-14-9)7-11-3-5-12(6-4-11)13(16)17/h8,11-12H,3-7H2,1-2H3,(H,16,17)/t11-,12-. The third-order valence-electron chi connectivity index (χ3n) is 4.00. The minimum atomic E-state index is -0.627. The lowest BCUT2D eigenvalue weighted by molar-refractivity contribution is -0.143. The maximum atomic E-state index is 10.9. The fourth-order valence-corrected chi connectivity index (χ4v) is 2.60. The van der Waals surface area contributed by atoms with Crippen molar-refractivity contribution >= 4 is 5.97 Å². The first kappa shape index (κ1) is 12.1. The van der Waals surface area contributed by atoms with Crippen LogP contribution in [0.5, 0.6) is 0 Å². The lowest BCUT2D eigenvalue weighted by atomic mass is 9.82. The van der Waals surface area contributed by atoms with E-state index in [-0.39, 0.29) is 5.92 Å². The summed E-state index contributed by atoms with van der Waals surface area (Å²) in [6.07, 6.45) is 5.59. The Morgan fingerprint density at radius 2 is 2.06 bits per heavy atom. The van der Waals surface area contributed by atoms with Crippen LogP contribution in [-0.2, 0) is 11.3 Å². The van der Waals surface area contributed by atoms with Gasteiger partial charge in [0, 0.05) is 12.2 Å². The van der Waals surface area contributed by atoms with Crippen molar-refractivity contribution in [3.8, 4) is 0 Å². The summed E-state index contributed by atoms with van der Waals surface area (Å²) in [6.45, 7) is 5.09. The van der Waals surface area contributed by atoms with E-state index in [1.165, 1.54) is 5.69 Å². The maximum absolute atomic E-state index is 10.9. The van der Waals surface area contributed by atoms with E-state index in [0.29, 0.717) is 5.92 Å². The number of aromatic nitrogens is 2. The summed E-state index contributed by atoms with van der Waals surface area (Å²) in [4.78, 5) is 15.2. The number of aliphatic carboxylic acids is 1. The van der Waals surface area contributed by atoms with Crippen molar-refractivity contribution in [1.29, 1.82) is 0 Å². The van der Waals surface area contributed by atoms with Crippen molar-refractivity contribution < 1.29 is 9.90 Å². The summed E-state index contributed by atoms with van der Waals surface area (Å²) in [7, 11) is 0. The van der Waals surface area contributed by atoms with Crippen LogP contribution in [0.4, 0.5) is 0 Å². The van der Waals surface area contributed by atoms with Crippen LogP contribution in [0.2, 0.25) is 0 Å². The Balaban J connectivity index is 1.90. The van der Waals surface area contributed by atoms with Crippen molar-refractivity contribution in [3.63, 3.8) is 0 Å². The SMILES string of the molecule is Cc1ncn(C[C@H]2CC[C@H](C(=O)O)CC2)c1C. The second-order valence-corrected chi connectivity index (χ2v) is 5.12. The highest BCUT2D eigenvalue weighted by Crippen LogP contribution is 2.30. The molecule has 1 heterocycles. The number of rotatable bonds is 3. The first-order chi connectivity index (χ1) is 8.08. The fourth-order valence-electron chi connectivity index (χ4n) is 2.60. The highest BCUT2D eigenvalue weighted by atomic mass is 16.4. The van der Waals surface area contributed by atoms with E-state index >= 15 is 0 Å². The Kier molecular flexibility index (Phi) is 3.50. The molecule has 0 saturated heterocycles. The molecule has 94 valence electrons. The fraction of sp³-hybridized carbons (Fsp3) is 0.692. The van der Waals surface area contributed by atoms with Crippen LogP contribution in [0.25, 0.3) is 0 Å². The number of hydrogen-bond acceptors (Lipinski definition) is 2. The Hall–Kier alpha value is -1.32. The van der Waals surface area contributed by atoms with Crippen LogP contribution in [0.3, 0.4) is 0 Å². The molecule has 4 nitrogen and oxygen atoms in total. The van der Waals surface area contributed by atoms with Gasteiger partial charge in [-0.15, -0.1) is 0 Å². The molecule has 1 aromatic heterocycles. The van der Waals surface area contributed by atoms with Gasteiger partial charge in [0.25, 0.3) is 0 Å². The summed E-state index contributed by atoms with van der Waals surface area (Å²) >= 11 is 0. The van der Waals surface area contributed by atoms with Crippen molar-refractivity contribution in [2.24, 2.45) is 11.8 Å². The van der Waals surface area contributed by atoms with Crippen LogP contribution in [0.1, 0.15) is 37.1 Å². The Labute approximate surface area is 102 Å². The van der Waals surface area contributed by atoms with E-state index in [9.17, 15) is 4.79 Å². The summed E-state index contributed by atoms with van der Waals surface area (Å²) in [5.41, 5.74) is 2.31. The monoisotopic (exact) mass is 236 g/mol. The number of carboxylic acids is 1. The number of carboxylic acid groups (broad SMARTS) is 1. The van der Waals surface area contributed by atoms with E-state index in [2.05, 4.69) is 16.5 Å². The number of aryl methyl sites for hydroxylation is 1. The normalized spacial score (nSPS) is 24.8. The maximum Gasteiger partial charge on any atom is 0.306 e. The molecule has 0 spiro atoms. The highest BCUT2D eigenvalue weighted by Gasteiger charge is 2.26. The van der Waals surface area contributed by atoms with Gasteiger partial charge in [-0.3, -0.25) is 4.79 Å². The van der Waals surface area contributed by atoms with Gasteiger partial charge in [-0.25, -0.2) is 4.98 Å². The van der Waals surface area contributed by atoms with E-state index in [0.717, 1.165) is 37.9 Å². The largest absolute Gasteiger partial charge is 0.481 e. The molecular weight excluding hydrogens is 216 g/mol. The van der Waals surface area contributed by atoms with Crippen LogP contribution >= 0.6 is 0 Å². The quantitative estimate of drug-likeness (QED) is 0.876. The molecule has 1 fully saturated rings. The van der Waals surface area contributed by atoms with Gasteiger partial charge < -0.3 is 9.67 Å². The van der Waals surface area contributed by atoms with Crippen LogP contribution in [0, 0.1) is 25.7 Å². The molecule has 0 unspecified atom stereocenters. The van der Waals surface area contributed by atoms with E-state index < -0.39 is 5.97 Å². The summed E-state index contributed by atoms with van der Waals surface area (Å²) in [5, 5.41) is 8.95. The Morgan fingerprint density at radius 1 is 1.41 bits per heavy atom. The molecule has 1 aliphatic rings.